The third-order valence-electron chi connectivity index (χ3n) is 2.27. The van der Waals surface area contributed by atoms with Crippen LogP contribution < -0.4 is 0 Å². The standard InChI is InChI=1S/C10H11N3O2/c1-7-12-8(2-3-10(14)15)9-6-11-4-5-13(7)9/h4-6H,2-3H2,1H3,(H,14,15). The molecule has 5 nitrogen and oxygen atoms in total. The molecule has 0 amide bonds. The lowest BCUT2D eigenvalue weighted by molar-refractivity contribution is -0.136. The first kappa shape index (κ1) is 9.64. The SMILES string of the molecule is Cc1nc(CCC(=O)O)c2cnccn12. The summed E-state index contributed by atoms with van der Waals surface area (Å²) >= 11 is 0. The summed E-state index contributed by atoms with van der Waals surface area (Å²) in [5, 5.41) is 8.60. The van der Waals surface area contributed by atoms with Gasteiger partial charge >= 0.3 is 5.97 Å². The molecule has 5 heteroatoms. The van der Waals surface area contributed by atoms with Crippen molar-refractivity contribution in [2.75, 3.05) is 0 Å². The number of rotatable bonds is 3. The number of carboxylic acid groups (broad SMARTS) is 1. The summed E-state index contributed by atoms with van der Waals surface area (Å²) in [6.07, 6.45) is 5.75. The number of aromatic nitrogens is 3. The Morgan fingerprint density at radius 1 is 1.60 bits per heavy atom. The van der Waals surface area contributed by atoms with Gasteiger partial charge in [0.15, 0.2) is 0 Å². The van der Waals surface area contributed by atoms with Gasteiger partial charge in [-0.25, -0.2) is 4.98 Å². The molecule has 0 saturated carbocycles. The number of carbonyl (C=O) groups is 1. The fraction of sp³-hybridized carbons (Fsp3) is 0.300. The monoisotopic (exact) mass is 205 g/mol. The Morgan fingerprint density at radius 2 is 2.40 bits per heavy atom. The molecule has 0 aliphatic rings. The molecular weight excluding hydrogens is 194 g/mol. The first-order chi connectivity index (χ1) is 7.18. The van der Waals surface area contributed by atoms with Crippen molar-refractivity contribution in [2.45, 2.75) is 19.8 Å². The van der Waals surface area contributed by atoms with Crippen molar-refractivity contribution < 1.29 is 9.90 Å². The molecule has 2 aromatic rings. The maximum atomic E-state index is 10.5. The average Bonchev–Trinajstić information content (AvgIpc) is 2.54. The Kier molecular flexibility index (Phi) is 2.37. The summed E-state index contributed by atoms with van der Waals surface area (Å²) < 4.78 is 1.91. The number of nitrogens with zero attached hydrogens (tertiary/aromatic N) is 3. The van der Waals surface area contributed by atoms with E-state index in [1.807, 2.05) is 17.5 Å². The van der Waals surface area contributed by atoms with Gasteiger partial charge in [-0.1, -0.05) is 0 Å². The summed E-state index contributed by atoms with van der Waals surface area (Å²) in [7, 11) is 0. The lowest BCUT2D eigenvalue weighted by Gasteiger charge is -1.95. The van der Waals surface area contributed by atoms with Crippen molar-refractivity contribution in [1.29, 1.82) is 0 Å². The zero-order chi connectivity index (χ0) is 10.8. The van der Waals surface area contributed by atoms with Gasteiger partial charge < -0.3 is 9.51 Å². The Labute approximate surface area is 86.4 Å². The van der Waals surface area contributed by atoms with Crippen LogP contribution in [0.1, 0.15) is 17.9 Å². The van der Waals surface area contributed by atoms with E-state index < -0.39 is 5.97 Å². The van der Waals surface area contributed by atoms with Gasteiger partial charge in [0.1, 0.15) is 5.82 Å². The average molecular weight is 205 g/mol. The van der Waals surface area contributed by atoms with Gasteiger partial charge in [0.2, 0.25) is 0 Å². The zero-order valence-electron chi connectivity index (χ0n) is 8.34. The van der Waals surface area contributed by atoms with Crippen LogP contribution in [-0.2, 0) is 11.2 Å². The van der Waals surface area contributed by atoms with E-state index in [4.69, 9.17) is 5.11 Å². The second kappa shape index (κ2) is 3.68. The largest absolute Gasteiger partial charge is 0.481 e. The zero-order valence-corrected chi connectivity index (χ0v) is 8.34. The fourth-order valence-electron chi connectivity index (χ4n) is 1.57. The quantitative estimate of drug-likeness (QED) is 0.813. The van der Waals surface area contributed by atoms with Gasteiger partial charge in [0.05, 0.1) is 23.8 Å². The van der Waals surface area contributed by atoms with E-state index in [1.165, 1.54) is 0 Å². The summed E-state index contributed by atoms with van der Waals surface area (Å²) in [6, 6.07) is 0. The van der Waals surface area contributed by atoms with Crippen molar-refractivity contribution in [2.24, 2.45) is 0 Å². The van der Waals surface area contributed by atoms with Crippen LogP contribution in [-0.4, -0.2) is 25.4 Å². The molecule has 0 saturated heterocycles. The molecular formula is C10H11N3O2. The highest BCUT2D eigenvalue weighted by Crippen LogP contribution is 2.12. The maximum absolute atomic E-state index is 10.5. The molecule has 0 fully saturated rings. The highest BCUT2D eigenvalue weighted by Gasteiger charge is 2.09. The van der Waals surface area contributed by atoms with E-state index in [1.54, 1.807) is 12.4 Å². The Morgan fingerprint density at radius 3 is 3.13 bits per heavy atom. The molecule has 0 radical (unpaired) electrons. The van der Waals surface area contributed by atoms with Crippen LogP contribution in [0.5, 0.6) is 0 Å². The molecule has 15 heavy (non-hydrogen) atoms. The number of aryl methyl sites for hydroxylation is 2. The second-order valence-electron chi connectivity index (χ2n) is 3.33. The molecule has 0 bridgehead atoms. The molecule has 1 N–H and O–H groups in total. The molecule has 2 aromatic heterocycles. The van der Waals surface area contributed by atoms with E-state index in [0.717, 1.165) is 17.0 Å². The van der Waals surface area contributed by atoms with Crippen LogP contribution in [0.15, 0.2) is 18.6 Å². The van der Waals surface area contributed by atoms with E-state index >= 15 is 0 Å². The van der Waals surface area contributed by atoms with Crippen LogP contribution in [0.2, 0.25) is 0 Å². The Bertz CT molecular complexity index is 504. The summed E-state index contributed by atoms with van der Waals surface area (Å²) in [6.45, 7) is 1.89. The molecule has 0 unspecified atom stereocenters. The van der Waals surface area contributed by atoms with Gasteiger partial charge in [-0.3, -0.25) is 9.78 Å². The van der Waals surface area contributed by atoms with Gasteiger partial charge in [-0.05, 0) is 6.92 Å². The van der Waals surface area contributed by atoms with Gasteiger partial charge in [0, 0.05) is 18.8 Å². The van der Waals surface area contributed by atoms with Crippen LogP contribution in [0.3, 0.4) is 0 Å². The van der Waals surface area contributed by atoms with Crippen molar-refractivity contribution in [3.63, 3.8) is 0 Å². The van der Waals surface area contributed by atoms with Crippen molar-refractivity contribution in [1.82, 2.24) is 14.4 Å². The van der Waals surface area contributed by atoms with E-state index in [2.05, 4.69) is 9.97 Å². The molecule has 0 aliphatic carbocycles. The molecule has 2 heterocycles. The highest BCUT2D eigenvalue weighted by atomic mass is 16.4. The first-order valence-electron chi connectivity index (χ1n) is 4.68. The van der Waals surface area contributed by atoms with Crippen LogP contribution in [0.25, 0.3) is 5.52 Å². The Balaban J connectivity index is 2.39. The predicted molar refractivity (Wildman–Crippen MR) is 53.7 cm³/mol. The molecule has 0 aliphatic heterocycles. The summed E-state index contributed by atoms with van der Waals surface area (Å²) in [5.74, 6) is 0.0467. The molecule has 2 rings (SSSR count). The molecule has 78 valence electrons. The van der Waals surface area contributed by atoms with Crippen LogP contribution >= 0.6 is 0 Å². The predicted octanol–water partition coefficient (Wildman–Crippen LogP) is 1.05. The topological polar surface area (TPSA) is 67.5 Å². The van der Waals surface area contributed by atoms with E-state index in [-0.39, 0.29) is 6.42 Å². The molecule has 0 spiro atoms. The van der Waals surface area contributed by atoms with Crippen molar-refractivity contribution >= 4 is 11.5 Å². The lowest BCUT2D eigenvalue weighted by atomic mass is 10.2. The van der Waals surface area contributed by atoms with Gasteiger partial charge in [-0.2, -0.15) is 0 Å². The number of hydrogen-bond acceptors (Lipinski definition) is 3. The van der Waals surface area contributed by atoms with E-state index in [0.29, 0.717) is 6.42 Å². The minimum Gasteiger partial charge on any atom is -0.481 e. The molecule has 0 aromatic carbocycles. The normalized spacial score (nSPS) is 10.7. The van der Waals surface area contributed by atoms with Crippen LogP contribution in [0, 0.1) is 6.92 Å². The third-order valence-corrected chi connectivity index (χ3v) is 2.27. The number of fused-ring (bicyclic) bond motifs is 1. The minimum atomic E-state index is -0.808. The summed E-state index contributed by atoms with van der Waals surface area (Å²) in [5.41, 5.74) is 1.68. The van der Waals surface area contributed by atoms with Gasteiger partial charge in [0.25, 0.3) is 0 Å². The smallest absolute Gasteiger partial charge is 0.303 e. The van der Waals surface area contributed by atoms with Crippen LogP contribution in [0.4, 0.5) is 0 Å². The van der Waals surface area contributed by atoms with Crippen molar-refractivity contribution in [3.05, 3.63) is 30.1 Å². The molecule has 0 atom stereocenters. The lowest BCUT2D eigenvalue weighted by Crippen LogP contribution is -1.98. The number of aliphatic carboxylic acids is 1. The number of hydrogen-bond donors (Lipinski definition) is 1. The third kappa shape index (κ3) is 1.81. The van der Waals surface area contributed by atoms with E-state index in [9.17, 15) is 4.79 Å². The van der Waals surface area contributed by atoms with Crippen molar-refractivity contribution in [3.8, 4) is 0 Å². The number of imidazole rings is 1. The second-order valence-corrected chi connectivity index (χ2v) is 3.33. The maximum Gasteiger partial charge on any atom is 0.303 e. The Hall–Kier alpha value is -1.91. The van der Waals surface area contributed by atoms with Gasteiger partial charge in [-0.15, -0.1) is 0 Å². The number of carboxylic acids is 1. The highest BCUT2D eigenvalue weighted by molar-refractivity contribution is 5.67. The first-order valence-corrected chi connectivity index (χ1v) is 4.68. The minimum absolute atomic E-state index is 0.0982. The summed E-state index contributed by atoms with van der Waals surface area (Å²) in [4.78, 5) is 18.8. The fourth-order valence-corrected chi connectivity index (χ4v) is 1.57.